The van der Waals surface area contributed by atoms with E-state index in [1.807, 2.05) is 31.3 Å². The van der Waals surface area contributed by atoms with Crippen LogP contribution in [0.15, 0.2) is 48.7 Å². The van der Waals surface area contributed by atoms with Crippen LogP contribution in [0, 0.1) is 12.8 Å². The van der Waals surface area contributed by atoms with Crippen LogP contribution in [0.25, 0.3) is 0 Å². The van der Waals surface area contributed by atoms with Crippen LogP contribution in [0.1, 0.15) is 66.7 Å². The van der Waals surface area contributed by atoms with Crippen molar-refractivity contribution in [1.82, 2.24) is 20.5 Å². The Kier molecular flexibility index (Phi) is 10.2. The molecule has 2 unspecified atom stereocenters. The molecule has 1 amide bonds. The van der Waals surface area contributed by atoms with Crippen LogP contribution in [-0.4, -0.2) is 66.7 Å². The Balaban J connectivity index is 1.01. The second kappa shape index (κ2) is 14.5. The molecule has 1 aromatic heterocycles. The average molecular weight is 697 g/mol. The van der Waals surface area contributed by atoms with Crippen LogP contribution in [0.2, 0.25) is 15.1 Å². The first-order valence-corrected chi connectivity index (χ1v) is 18.3. The number of carbonyl (C=O) groups is 1. The summed E-state index contributed by atoms with van der Waals surface area (Å²) in [6.07, 6.45) is 9.36. The lowest BCUT2D eigenvalue weighted by Gasteiger charge is -2.36. The third kappa shape index (κ3) is 8.02. The highest BCUT2D eigenvalue weighted by molar-refractivity contribution is 6.37. The molecule has 2 aliphatic heterocycles. The average Bonchev–Trinajstić information content (AvgIpc) is 4.02. The number of carbonyl (C=O) groups excluding carboxylic acids is 1. The molecule has 0 radical (unpaired) electrons. The molecular formula is C37H44Cl3N5O2. The smallest absolute Gasteiger partial charge is 0.228 e. The van der Waals surface area contributed by atoms with Gasteiger partial charge in [0.1, 0.15) is 11.9 Å². The van der Waals surface area contributed by atoms with Gasteiger partial charge < -0.3 is 25.2 Å². The Morgan fingerprint density at radius 1 is 1.02 bits per heavy atom. The lowest BCUT2D eigenvalue weighted by atomic mass is 9.80. The predicted octanol–water partition coefficient (Wildman–Crippen LogP) is 7.19. The quantitative estimate of drug-likeness (QED) is 0.209. The summed E-state index contributed by atoms with van der Waals surface area (Å²) in [4.78, 5) is 23.6. The minimum Gasteiger partial charge on any atom is -0.485 e. The summed E-state index contributed by atoms with van der Waals surface area (Å²) >= 11 is 19.6. The maximum Gasteiger partial charge on any atom is 0.228 e. The number of halogens is 3. The van der Waals surface area contributed by atoms with Crippen LogP contribution in [0.3, 0.4) is 0 Å². The Morgan fingerprint density at radius 3 is 2.55 bits per heavy atom. The normalized spacial score (nSPS) is 22.8. The Labute approximate surface area is 293 Å². The highest BCUT2D eigenvalue weighted by Gasteiger charge is 2.40. The number of ether oxygens (including phenoxy) is 1. The fraction of sp³-hybridized carbons (Fsp3) is 0.514. The number of hydrogen-bond acceptors (Lipinski definition) is 6. The molecule has 0 spiro atoms. The van der Waals surface area contributed by atoms with E-state index in [4.69, 9.17) is 44.5 Å². The van der Waals surface area contributed by atoms with Crippen molar-refractivity contribution in [2.24, 2.45) is 5.92 Å². The number of benzene rings is 2. The van der Waals surface area contributed by atoms with E-state index in [0.717, 1.165) is 79.3 Å². The van der Waals surface area contributed by atoms with Gasteiger partial charge in [-0.1, -0.05) is 53.0 Å². The molecule has 0 bridgehead atoms. The third-order valence-electron chi connectivity index (χ3n) is 10.0. The van der Waals surface area contributed by atoms with Gasteiger partial charge in [-0.15, -0.1) is 0 Å². The Bertz CT molecular complexity index is 1560. The van der Waals surface area contributed by atoms with Crippen molar-refractivity contribution in [3.8, 4) is 5.75 Å². The first-order valence-electron chi connectivity index (χ1n) is 17.2. The van der Waals surface area contributed by atoms with E-state index in [0.29, 0.717) is 41.5 Å². The zero-order valence-electron chi connectivity index (χ0n) is 27.0. The minimum absolute atomic E-state index is 0.0254. The maximum atomic E-state index is 14.3. The number of aromatic nitrogens is 1. The lowest BCUT2D eigenvalue weighted by Crippen LogP contribution is -2.47. The number of amides is 1. The molecule has 4 fully saturated rings. The Morgan fingerprint density at radius 2 is 1.83 bits per heavy atom. The number of hydrogen-bond donors (Lipinski definition) is 2. The predicted molar refractivity (Wildman–Crippen MR) is 190 cm³/mol. The van der Waals surface area contributed by atoms with Gasteiger partial charge in [-0.25, -0.2) is 4.98 Å². The molecule has 2 aromatic carbocycles. The van der Waals surface area contributed by atoms with Crippen molar-refractivity contribution in [1.29, 1.82) is 0 Å². The second-order valence-corrected chi connectivity index (χ2v) is 15.0. The standard InChI is InChI=1S/C37H44Cl3N5O2/c1-23-16-33(39)36(34(40)17-23)47-29-12-15-44(22-29)35-9-3-25(19-43-35)30-11-13-41-20-31(30)37(46)45(28-6-7-28)21-26-18-24(2-8-32(26)38)10-14-42-27-4-5-27/h2-3,8-9,16-19,27-31,41-42H,4-7,10-15,20-22H2,1H3/t29-,30?,31?/m0/s1. The van der Waals surface area contributed by atoms with Gasteiger partial charge in [-0.3, -0.25) is 4.79 Å². The largest absolute Gasteiger partial charge is 0.485 e. The molecular weight excluding hydrogens is 653 g/mol. The van der Waals surface area contributed by atoms with Crippen molar-refractivity contribution in [3.63, 3.8) is 0 Å². The highest BCUT2D eigenvalue weighted by atomic mass is 35.5. The maximum absolute atomic E-state index is 14.3. The summed E-state index contributed by atoms with van der Waals surface area (Å²) < 4.78 is 6.24. The van der Waals surface area contributed by atoms with Crippen molar-refractivity contribution >= 4 is 46.5 Å². The zero-order valence-corrected chi connectivity index (χ0v) is 29.3. The van der Waals surface area contributed by atoms with Gasteiger partial charge in [-0.2, -0.15) is 0 Å². The number of pyridine rings is 1. The lowest BCUT2D eigenvalue weighted by molar-refractivity contribution is -0.138. The molecule has 3 aromatic rings. The fourth-order valence-electron chi connectivity index (χ4n) is 7.10. The van der Waals surface area contributed by atoms with Crippen molar-refractivity contribution in [2.75, 3.05) is 37.6 Å². The van der Waals surface area contributed by atoms with Gasteiger partial charge in [0.05, 0.1) is 22.5 Å². The van der Waals surface area contributed by atoms with E-state index in [-0.39, 0.29) is 29.9 Å². The van der Waals surface area contributed by atoms with Crippen LogP contribution in [0.5, 0.6) is 5.75 Å². The van der Waals surface area contributed by atoms with E-state index < -0.39 is 0 Å². The number of nitrogens with one attached hydrogen (secondary N) is 2. The first-order chi connectivity index (χ1) is 22.8. The second-order valence-electron chi connectivity index (χ2n) is 13.8. The SMILES string of the molecule is Cc1cc(Cl)c(O[C@H]2CCN(c3ccc(C4CCNCC4C(=O)N(Cc4cc(CCNC5CC5)ccc4Cl)C4CC4)cn3)C2)c(Cl)c1. The number of aryl methyl sites for hydroxylation is 1. The number of anilines is 1. The summed E-state index contributed by atoms with van der Waals surface area (Å²) in [5.74, 6) is 1.66. The molecule has 7 rings (SSSR count). The van der Waals surface area contributed by atoms with Crippen molar-refractivity contribution in [2.45, 2.75) is 82.5 Å². The van der Waals surface area contributed by atoms with E-state index >= 15 is 0 Å². The number of rotatable bonds is 12. The molecule has 250 valence electrons. The molecule has 3 atom stereocenters. The molecule has 2 N–H and O–H groups in total. The molecule has 7 nitrogen and oxygen atoms in total. The van der Waals surface area contributed by atoms with E-state index in [1.165, 1.54) is 18.4 Å². The van der Waals surface area contributed by atoms with Gasteiger partial charge in [0.2, 0.25) is 5.91 Å². The van der Waals surface area contributed by atoms with Gasteiger partial charge in [0.25, 0.3) is 0 Å². The summed E-state index contributed by atoms with van der Waals surface area (Å²) in [6, 6.07) is 15.3. The van der Waals surface area contributed by atoms with Crippen LogP contribution in [-0.2, 0) is 17.8 Å². The number of nitrogens with zero attached hydrogens (tertiary/aromatic N) is 3. The van der Waals surface area contributed by atoms with Crippen LogP contribution >= 0.6 is 34.8 Å². The number of piperidine rings is 1. The molecule has 47 heavy (non-hydrogen) atoms. The van der Waals surface area contributed by atoms with Crippen molar-refractivity contribution < 1.29 is 9.53 Å². The van der Waals surface area contributed by atoms with Crippen LogP contribution in [0.4, 0.5) is 5.82 Å². The van der Waals surface area contributed by atoms with Gasteiger partial charge in [0.15, 0.2) is 5.75 Å². The highest BCUT2D eigenvalue weighted by Crippen LogP contribution is 2.38. The fourth-order valence-corrected chi connectivity index (χ4v) is 7.96. The summed E-state index contributed by atoms with van der Waals surface area (Å²) in [6.45, 7) is 6.60. The molecule has 3 heterocycles. The molecule has 2 saturated heterocycles. The molecule has 2 saturated carbocycles. The Hall–Kier alpha value is -2.55. The third-order valence-corrected chi connectivity index (χ3v) is 11.0. The zero-order chi connectivity index (χ0) is 32.5. The molecule has 10 heteroatoms. The van der Waals surface area contributed by atoms with Gasteiger partial charge in [-0.05, 0) is 111 Å². The van der Waals surface area contributed by atoms with E-state index in [1.54, 1.807) is 0 Å². The van der Waals surface area contributed by atoms with E-state index in [2.05, 4.69) is 44.7 Å². The van der Waals surface area contributed by atoms with Crippen LogP contribution < -0.4 is 20.3 Å². The topological polar surface area (TPSA) is 69.7 Å². The summed E-state index contributed by atoms with van der Waals surface area (Å²) in [7, 11) is 0. The summed E-state index contributed by atoms with van der Waals surface area (Å²) in [5.41, 5.74) is 4.44. The summed E-state index contributed by atoms with van der Waals surface area (Å²) in [5, 5.41) is 8.91. The van der Waals surface area contributed by atoms with Gasteiger partial charge >= 0.3 is 0 Å². The monoisotopic (exact) mass is 695 g/mol. The van der Waals surface area contributed by atoms with Gasteiger partial charge in [0, 0.05) is 49.4 Å². The first kappa shape index (κ1) is 33.0. The molecule has 4 aliphatic rings. The minimum atomic E-state index is -0.143. The van der Waals surface area contributed by atoms with Crippen molar-refractivity contribution in [3.05, 3.63) is 86.0 Å². The molecule has 2 aliphatic carbocycles. The van der Waals surface area contributed by atoms with E-state index in [9.17, 15) is 4.79 Å².